The van der Waals surface area contributed by atoms with E-state index in [0.29, 0.717) is 27.5 Å². The van der Waals surface area contributed by atoms with Crippen LogP contribution in [0.3, 0.4) is 0 Å². The highest BCUT2D eigenvalue weighted by Crippen LogP contribution is 2.33. The second-order valence-electron chi connectivity index (χ2n) is 6.56. The van der Waals surface area contributed by atoms with Crippen molar-refractivity contribution in [3.63, 3.8) is 0 Å². The number of carbonyl (C=O) groups is 2. The first-order chi connectivity index (χ1) is 10.4. The molecule has 2 rings (SSSR count). The molecule has 5 heteroatoms. The molecular weight excluding hydrogens is 298 g/mol. The van der Waals surface area contributed by atoms with E-state index in [0.717, 1.165) is 6.42 Å². The van der Waals surface area contributed by atoms with Crippen LogP contribution in [-0.4, -0.2) is 25.0 Å². The average molecular weight is 323 g/mol. The monoisotopic (exact) mass is 323 g/mol. The highest BCUT2D eigenvalue weighted by Gasteiger charge is 2.32. The van der Waals surface area contributed by atoms with Crippen molar-refractivity contribution in [2.24, 2.45) is 17.8 Å². The zero-order valence-corrected chi connectivity index (χ0v) is 14.5. The van der Waals surface area contributed by atoms with Crippen LogP contribution in [0.25, 0.3) is 0 Å². The largest absolute Gasteiger partial charge is 0.465 e. The van der Waals surface area contributed by atoms with Gasteiger partial charge in [-0.25, -0.2) is 4.79 Å². The van der Waals surface area contributed by atoms with Crippen molar-refractivity contribution in [3.05, 3.63) is 21.9 Å². The number of thiophene rings is 1. The van der Waals surface area contributed by atoms with E-state index in [1.54, 1.807) is 12.1 Å². The standard InChI is InChI=1S/C17H25NO3S/c1-10(2)12-6-5-11(3)9-13(12)18-16(19)14-7-8-15(22-14)17(20)21-4/h7-8,10-13H,5-6,9H2,1-4H3,(H,18,19). The molecule has 22 heavy (non-hydrogen) atoms. The van der Waals surface area contributed by atoms with Crippen LogP contribution in [0.4, 0.5) is 0 Å². The highest BCUT2D eigenvalue weighted by molar-refractivity contribution is 7.15. The number of methoxy groups -OCH3 is 1. The van der Waals surface area contributed by atoms with Crippen molar-refractivity contribution >= 4 is 23.2 Å². The van der Waals surface area contributed by atoms with Crippen molar-refractivity contribution < 1.29 is 14.3 Å². The van der Waals surface area contributed by atoms with Gasteiger partial charge in [-0.2, -0.15) is 0 Å². The second-order valence-corrected chi connectivity index (χ2v) is 7.65. The zero-order chi connectivity index (χ0) is 16.3. The quantitative estimate of drug-likeness (QED) is 0.859. The number of hydrogen-bond donors (Lipinski definition) is 1. The molecule has 1 heterocycles. The molecule has 3 unspecified atom stereocenters. The van der Waals surface area contributed by atoms with Crippen LogP contribution >= 0.6 is 11.3 Å². The number of esters is 1. The van der Waals surface area contributed by atoms with Gasteiger partial charge in [0.05, 0.1) is 12.0 Å². The summed E-state index contributed by atoms with van der Waals surface area (Å²) in [7, 11) is 1.35. The normalized spacial score (nSPS) is 25.0. The first-order valence-electron chi connectivity index (χ1n) is 7.91. The van der Waals surface area contributed by atoms with Crippen molar-refractivity contribution in [1.82, 2.24) is 5.32 Å². The van der Waals surface area contributed by atoms with E-state index in [-0.39, 0.29) is 11.9 Å². The van der Waals surface area contributed by atoms with Gasteiger partial charge in [0, 0.05) is 6.04 Å². The van der Waals surface area contributed by atoms with Crippen LogP contribution in [0.15, 0.2) is 12.1 Å². The van der Waals surface area contributed by atoms with Gasteiger partial charge >= 0.3 is 5.97 Å². The van der Waals surface area contributed by atoms with Gasteiger partial charge in [0.15, 0.2) is 0 Å². The summed E-state index contributed by atoms with van der Waals surface area (Å²) in [5.74, 6) is 1.27. The minimum atomic E-state index is -0.393. The van der Waals surface area contributed by atoms with Crippen LogP contribution < -0.4 is 5.32 Å². The fourth-order valence-corrected chi connectivity index (χ4v) is 4.11. The Balaban J connectivity index is 2.06. The predicted molar refractivity (Wildman–Crippen MR) is 88.3 cm³/mol. The lowest BCUT2D eigenvalue weighted by Gasteiger charge is -2.37. The lowest BCUT2D eigenvalue weighted by atomic mass is 9.74. The fourth-order valence-electron chi connectivity index (χ4n) is 3.28. The van der Waals surface area contributed by atoms with Crippen LogP contribution in [0.1, 0.15) is 59.4 Å². The number of nitrogens with one attached hydrogen (secondary N) is 1. The summed E-state index contributed by atoms with van der Waals surface area (Å²) in [6, 6.07) is 3.57. The summed E-state index contributed by atoms with van der Waals surface area (Å²) in [4.78, 5) is 25.0. The SMILES string of the molecule is COC(=O)c1ccc(C(=O)NC2CC(C)CCC2C(C)C)s1. The Bertz CT molecular complexity index is 538. The molecule has 1 aromatic heterocycles. The summed E-state index contributed by atoms with van der Waals surface area (Å²) in [5, 5.41) is 3.19. The molecule has 1 aliphatic carbocycles. The molecule has 1 aromatic rings. The van der Waals surface area contributed by atoms with Crippen molar-refractivity contribution in [2.75, 3.05) is 7.11 Å². The highest BCUT2D eigenvalue weighted by atomic mass is 32.1. The van der Waals surface area contributed by atoms with E-state index in [1.165, 1.54) is 31.3 Å². The summed E-state index contributed by atoms with van der Waals surface area (Å²) in [6.07, 6.45) is 3.44. The zero-order valence-electron chi connectivity index (χ0n) is 13.7. The molecule has 1 amide bonds. The lowest BCUT2D eigenvalue weighted by Crippen LogP contribution is -2.45. The van der Waals surface area contributed by atoms with E-state index in [4.69, 9.17) is 0 Å². The summed E-state index contributed by atoms with van der Waals surface area (Å²) in [5.41, 5.74) is 0. The van der Waals surface area contributed by atoms with E-state index in [1.807, 2.05) is 0 Å². The number of ether oxygens (including phenoxy) is 1. The minimum absolute atomic E-state index is 0.0788. The summed E-state index contributed by atoms with van der Waals surface area (Å²) >= 11 is 1.19. The number of carbonyl (C=O) groups excluding carboxylic acids is 2. The maximum atomic E-state index is 12.5. The molecule has 0 bridgehead atoms. The Morgan fingerprint density at radius 2 is 1.95 bits per heavy atom. The molecular formula is C17H25NO3S. The summed E-state index contributed by atoms with van der Waals surface area (Å²) < 4.78 is 4.68. The van der Waals surface area contributed by atoms with Gasteiger partial charge in [0.25, 0.3) is 5.91 Å². The molecule has 0 saturated heterocycles. The molecule has 1 aliphatic rings. The topological polar surface area (TPSA) is 55.4 Å². The van der Waals surface area contributed by atoms with Crippen LogP contribution in [0, 0.1) is 17.8 Å². The lowest BCUT2D eigenvalue weighted by molar-refractivity contribution is 0.0606. The van der Waals surface area contributed by atoms with Gasteiger partial charge < -0.3 is 10.1 Å². The number of hydrogen-bond acceptors (Lipinski definition) is 4. The average Bonchev–Trinajstić information content (AvgIpc) is 2.96. The molecule has 0 aliphatic heterocycles. The van der Waals surface area contributed by atoms with Gasteiger partial charge in [0.2, 0.25) is 0 Å². The van der Waals surface area contributed by atoms with Gasteiger partial charge in [-0.1, -0.05) is 27.2 Å². The maximum Gasteiger partial charge on any atom is 0.348 e. The Morgan fingerprint density at radius 1 is 1.27 bits per heavy atom. The Labute approximate surface area is 136 Å². The van der Waals surface area contributed by atoms with Crippen molar-refractivity contribution in [2.45, 2.75) is 46.1 Å². The third-order valence-corrected chi connectivity index (χ3v) is 5.62. The first-order valence-corrected chi connectivity index (χ1v) is 8.73. The Hall–Kier alpha value is -1.36. The van der Waals surface area contributed by atoms with E-state index < -0.39 is 5.97 Å². The molecule has 1 saturated carbocycles. The van der Waals surface area contributed by atoms with Crippen LogP contribution in [0.5, 0.6) is 0 Å². The van der Waals surface area contributed by atoms with Gasteiger partial charge in [-0.3, -0.25) is 4.79 Å². The van der Waals surface area contributed by atoms with Crippen molar-refractivity contribution in [3.8, 4) is 0 Å². The third kappa shape index (κ3) is 3.88. The minimum Gasteiger partial charge on any atom is -0.465 e. The maximum absolute atomic E-state index is 12.5. The molecule has 3 atom stereocenters. The first kappa shape index (κ1) is 17.0. The second kappa shape index (κ2) is 7.27. The third-order valence-electron chi connectivity index (χ3n) is 4.56. The van der Waals surface area contributed by atoms with E-state index in [2.05, 4.69) is 30.8 Å². The Morgan fingerprint density at radius 3 is 2.59 bits per heavy atom. The molecule has 122 valence electrons. The molecule has 0 spiro atoms. The van der Waals surface area contributed by atoms with Gasteiger partial charge in [0.1, 0.15) is 4.88 Å². The molecule has 1 fully saturated rings. The number of amides is 1. The van der Waals surface area contributed by atoms with Gasteiger partial charge in [-0.15, -0.1) is 11.3 Å². The predicted octanol–water partition coefficient (Wildman–Crippen LogP) is 3.73. The van der Waals surface area contributed by atoms with Crippen LogP contribution in [-0.2, 0) is 4.74 Å². The Kier molecular flexibility index (Phi) is 5.62. The smallest absolute Gasteiger partial charge is 0.348 e. The van der Waals surface area contributed by atoms with Gasteiger partial charge in [-0.05, 0) is 42.7 Å². The molecule has 0 radical (unpaired) electrons. The van der Waals surface area contributed by atoms with E-state index >= 15 is 0 Å². The number of rotatable bonds is 4. The van der Waals surface area contributed by atoms with Crippen LogP contribution in [0.2, 0.25) is 0 Å². The molecule has 1 N–H and O–H groups in total. The fraction of sp³-hybridized carbons (Fsp3) is 0.647. The summed E-state index contributed by atoms with van der Waals surface area (Å²) in [6.45, 7) is 6.69. The molecule has 4 nitrogen and oxygen atoms in total. The van der Waals surface area contributed by atoms with Crippen molar-refractivity contribution in [1.29, 1.82) is 0 Å². The molecule has 0 aromatic carbocycles. The van der Waals surface area contributed by atoms with E-state index in [9.17, 15) is 9.59 Å².